The molecule has 1 aromatic heterocycles. The summed E-state index contributed by atoms with van der Waals surface area (Å²) in [6.45, 7) is 3.42. The van der Waals surface area contributed by atoms with Gasteiger partial charge < -0.3 is 15.6 Å². The van der Waals surface area contributed by atoms with E-state index < -0.39 is 0 Å². The van der Waals surface area contributed by atoms with Crippen molar-refractivity contribution < 1.29 is 0 Å². The maximum atomic E-state index is 5.84. The Labute approximate surface area is 84.5 Å². The van der Waals surface area contributed by atoms with Gasteiger partial charge in [0.25, 0.3) is 0 Å². The number of likely N-dealkylation sites (tertiary alicyclic amines) is 1. The first-order valence-corrected chi connectivity index (χ1v) is 5.30. The van der Waals surface area contributed by atoms with Crippen LogP contribution in [-0.2, 0) is 6.42 Å². The van der Waals surface area contributed by atoms with Crippen LogP contribution in [0.2, 0.25) is 0 Å². The van der Waals surface area contributed by atoms with Gasteiger partial charge in [-0.3, -0.25) is 0 Å². The lowest BCUT2D eigenvalue weighted by molar-refractivity contribution is 0.215. The molecule has 0 spiro atoms. The van der Waals surface area contributed by atoms with E-state index in [1.54, 1.807) is 6.33 Å². The van der Waals surface area contributed by atoms with Crippen LogP contribution in [0.5, 0.6) is 0 Å². The molecule has 4 heteroatoms. The van der Waals surface area contributed by atoms with E-state index in [9.17, 15) is 0 Å². The first kappa shape index (κ1) is 9.68. The zero-order valence-corrected chi connectivity index (χ0v) is 8.45. The summed E-state index contributed by atoms with van der Waals surface area (Å²) in [5.74, 6) is 0. The molecule has 14 heavy (non-hydrogen) atoms. The zero-order valence-electron chi connectivity index (χ0n) is 8.45. The second kappa shape index (κ2) is 4.57. The van der Waals surface area contributed by atoms with E-state index in [2.05, 4.69) is 14.9 Å². The maximum Gasteiger partial charge on any atom is 0.0921 e. The van der Waals surface area contributed by atoms with E-state index >= 15 is 0 Å². The highest BCUT2D eigenvalue weighted by molar-refractivity contribution is 4.95. The molecule has 1 fully saturated rings. The van der Waals surface area contributed by atoms with Gasteiger partial charge in [0.1, 0.15) is 0 Å². The van der Waals surface area contributed by atoms with E-state index in [-0.39, 0.29) is 0 Å². The number of hydrogen-bond acceptors (Lipinski definition) is 3. The zero-order chi connectivity index (χ0) is 9.80. The van der Waals surface area contributed by atoms with E-state index in [4.69, 9.17) is 5.73 Å². The van der Waals surface area contributed by atoms with Crippen molar-refractivity contribution in [3.8, 4) is 0 Å². The average molecular weight is 194 g/mol. The van der Waals surface area contributed by atoms with Crippen molar-refractivity contribution in [2.75, 3.05) is 19.6 Å². The Morgan fingerprint density at radius 2 is 2.29 bits per heavy atom. The third kappa shape index (κ3) is 2.56. The van der Waals surface area contributed by atoms with Crippen LogP contribution < -0.4 is 5.73 Å². The average Bonchev–Trinajstić information content (AvgIpc) is 2.70. The lowest BCUT2D eigenvalue weighted by Gasteiger charge is -2.29. The van der Waals surface area contributed by atoms with Gasteiger partial charge in [0, 0.05) is 30.9 Å². The van der Waals surface area contributed by atoms with Crippen molar-refractivity contribution >= 4 is 0 Å². The molecule has 2 rings (SSSR count). The lowest BCUT2D eigenvalue weighted by atomic mass is 10.1. The van der Waals surface area contributed by atoms with Crippen LogP contribution in [0.3, 0.4) is 0 Å². The number of nitrogens with two attached hydrogens (primary N) is 1. The van der Waals surface area contributed by atoms with Gasteiger partial charge >= 0.3 is 0 Å². The number of hydrogen-bond donors (Lipinski definition) is 2. The molecule has 0 aliphatic carbocycles. The van der Waals surface area contributed by atoms with Crippen LogP contribution in [0.4, 0.5) is 0 Å². The van der Waals surface area contributed by atoms with E-state index in [1.807, 2.05) is 6.20 Å². The Hall–Kier alpha value is -0.870. The van der Waals surface area contributed by atoms with Gasteiger partial charge in [-0.1, -0.05) is 0 Å². The van der Waals surface area contributed by atoms with Gasteiger partial charge in [-0.05, 0) is 25.9 Å². The number of nitrogens with zero attached hydrogens (tertiary/aromatic N) is 2. The monoisotopic (exact) mass is 194 g/mol. The summed E-state index contributed by atoms with van der Waals surface area (Å²) in [4.78, 5) is 9.60. The second-order valence-electron chi connectivity index (χ2n) is 4.01. The van der Waals surface area contributed by atoms with Crippen LogP contribution in [-0.4, -0.2) is 40.5 Å². The Kier molecular flexibility index (Phi) is 3.16. The standard InChI is InChI=1S/C10H18N4/c11-9-1-4-14(5-2-9)6-3-10-7-12-8-13-10/h7-9H,1-6,11H2,(H,12,13). The predicted molar refractivity (Wildman–Crippen MR) is 55.9 cm³/mol. The predicted octanol–water partition coefficient (Wildman–Crippen LogP) is 0.375. The number of piperidine rings is 1. The molecular formula is C10H18N4. The van der Waals surface area contributed by atoms with Crippen molar-refractivity contribution in [2.45, 2.75) is 25.3 Å². The topological polar surface area (TPSA) is 57.9 Å². The summed E-state index contributed by atoms with van der Waals surface area (Å²) >= 11 is 0. The summed E-state index contributed by atoms with van der Waals surface area (Å²) in [6.07, 6.45) is 6.98. The molecule has 4 nitrogen and oxygen atoms in total. The number of imidazole rings is 1. The summed E-state index contributed by atoms with van der Waals surface area (Å²) in [6, 6.07) is 0.429. The molecule has 0 amide bonds. The third-order valence-corrected chi connectivity index (χ3v) is 2.88. The third-order valence-electron chi connectivity index (χ3n) is 2.88. The van der Waals surface area contributed by atoms with Gasteiger partial charge in [0.05, 0.1) is 6.33 Å². The molecule has 0 atom stereocenters. The van der Waals surface area contributed by atoms with Crippen molar-refractivity contribution in [1.29, 1.82) is 0 Å². The van der Waals surface area contributed by atoms with Crippen LogP contribution in [0, 0.1) is 0 Å². The smallest absolute Gasteiger partial charge is 0.0921 e. The minimum atomic E-state index is 0.429. The first-order valence-electron chi connectivity index (χ1n) is 5.30. The maximum absolute atomic E-state index is 5.84. The molecule has 0 unspecified atom stereocenters. The normalized spacial score (nSPS) is 20.1. The summed E-state index contributed by atoms with van der Waals surface area (Å²) in [7, 11) is 0. The highest BCUT2D eigenvalue weighted by atomic mass is 15.1. The molecule has 2 heterocycles. The number of H-pyrrole nitrogens is 1. The fraction of sp³-hybridized carbons (Fsp3) is 0.700. The molecule has 0 radical (unpaired) electrons. The van der Waals surface area contributed by atoms with E-state index in [0.29, 0.717) is 6.04 Å². The quantitative estimate of drug-likeness (QED) is 0.731. The Bertz CT molecular complexity index is 249. The Morgan fingerprint density at radius 3 is 2.93 bits per heavy atom. The van der Waals surface area contributed by atoms with Gasteiger partial charge in [-0.2, -0.15) is 0 Å². The van der Waals surface area contributed by atoms with Gasteiger partial charge in [0.2, 0.25) is 0 Å². The van der Waals surface area contributed by atoms with Crippen LogP contribution >= 0.6 is 0 Å². The lowest BCUT2D eigenvalue weighted by Crippen LogP contribution is -2.40. The fourth-order valence-corrected chi connectivity index (χ4v) is 1.88. The minimum Gasteiger partial charge on any atom is -0.348 e. The molecule has 78 valence electrons. The van der Waals surface area contributed by atoms with Crippen molar-refractivity contribution in [3.05, 3.63) is 18.2 Å². The van der Waals surface area contributed by atoms with Gasteiger partial charge in [0.15, 0.2) is 0 Å². The number of aromatic nitrogens is 2. The van der Waals surface area contributed by atoms with Crippen molar-refractivity contribution in [1.82, 2.24) is 14.9 Å². The van der Waals surface area contributed by atoms with Crippen molar-refractivity contribution in [2.24, 2.45) is 5.73 Å². The number of aromatic amines is 1. The molecule has 0 bridgehead atoms. The number of nitrogens with one attached hydrogen (secondary N) is 1. The SMILES string of the molecule is NC1CCN(CCc2cnc[nH]2)CC1. The summed E-state index contributed by atoms with van der Waals surface area (Å²) < 4.78 is 0. The second-order valence-corrected chi connectivity index (χ2v) is 4.01. The molecule has 1 aliphatic heterocycles. The fourth-order valence-electron chi connectivity index (χ4n) is 1.88. The molecule has 0 saturated carbocycles. The molecular weight excluding hydrogens is 176 g/mol. The van der Waals surface area contributed by atoms with Gasteiger partial charge in [-0.15, -0.1) is 0 Å². The molecule has 0 aromatic carbocycles. The van der Waals surface area contributed by atoms with Crippen LogP contribution in [0.15, 0.2) is 12.5 Å². The van der Waals surface area contributed by atoms with E-state index in [0.717, 1.165) is 38.9 Å². The molecule has 1 aliphatic rings. The van der Waals surface area contributed by atoms with Crippen LogP contribution in [0.1, 0.15) is 18.5 Å². The van der Waals surface area contributed by atoms with Crippen LogP contribution in [0.25, 0.3) is 0 Å². The Balaban J connectivity index is 1.71. The largest absolute Gasteiger partial charge is 0.348 e. The molecule has 1 aromatic rings. The summed E-state index contributed by atoms with van der Waals surface area (Å²) in [5, 5.41) is 0. The van der Waals surface area contributed by atoms with Gasteiger partial charge in [-0.25, -0.2) is 4.98 Å². The van der Waals surface area contributed by atoms with Crippen molar-refractivity contribution in [3.63, 3.8) is 0 Å². The molecule has 1 saturated heterocycles. The molecule has 3 N–H and O–H groups in total. The highest BCUT2D eigenvalue weighted by Gasteiger charge is 2.15. The highest BCUT2D eigenvalue weighted by Crippen LogP contribution is 2.08. The first-order chi connectivity index (χ1) is 6.84. The minimum absolute atomic E-state index is 0.429. The Morgan fingerprint density at radius 1 is 1.50 bits per heavy atom. The van der Waals surface area contributed by atoms with E-state index in [1.165, 1.54) is 5.69 Å². The number of rotatable bonds is 3. The summed E-state index contributed by atoms with van der Waals surface area (Å²) in [5.41, 5.74) is 7.07.